The average Bonchev–Trinajstić information content (AvgIpc) is 2.22. The highest BCUT2D eigenvalue weighted by atomic mass is 16.5. The van der Waals surface area contributed by atoms with Gasteiger partial charge < -0.3 is 9.84 Å². The van der Waals surface area contributed by atoms with E-state index >= 15 is 0 Å². The van der Waals surface area contributed by atoms with E-state index in [-0.39, 0.29) is 6.61 Å². The second kappa shape index (κ2) is 5.51. The van der Waals surface area contributed by atoms with Gasteiger partial charge in [0.05, 0.1) is 6.61 Å². The maximum Gasteiger partial charge on any atom is 0.150 e. The van der Waals surface area contributed by atoms with Crippen molar-refractivity contribution in [3.05, 3.63) is 28.8 Å². The van der Waals surface area contributed by atoms with Crippen LogP contribution in [-0.2, 0) is 0 Å². The fraction of sp³-hybridized carbons (Fsp3) is 0.417. The summed E-state index contributed by atoms with van der Waals surface area (Å²) in [6, 6.07) is 3.72. The number of rotatable bonds is 5. The van der Waals surface area contributed by atoms with E-state index in [4.69, 9.17) is 9.84 Å². The number of aldehydes is 1. The number of carbonyl (C=O) groups is 1. The van der Waals surface area contributed by atoms with E-state index in [1.807, 2.05) is 26.0 Å². The van der Waals surface area contributed by atoms with Crippen LogP contribution in [0.25, 0.3) is 0 Å². The van der Waals surface area contributed by atoms with Crippen LogP contribution in [0, 0.1) is 13.8 Å². The summed E-state index contributed by atoms with van der Waals surface area (Å²) in [5.41, 5.74) is 2.51. The fourth-order valence-corrected chi connectivity index (χ4v) is 1.43. The van der Waals surface area contributed by atoms with Crippen LogP contribution in [0.4, 0.5) is 0 Å². The Morgan fingerprint density at radius 2 is 2.13 bits per heavy atom. The summed E-state index contributed by atoms with van der Waals surface area (Å²) in [5, 5.41) is 8.62. The molecule has 0 fully saturated rings. The fourth-order valence-electron chi connectivity index (χ4n) is 1.43. The molecule has 0 unspecified atom stereocenters. The van der Waals surface area contributed by atoms with Crippen LogP contribution in [0.3, 0.4) is 0 Å². The Kier molecular flexibility index (Phi) is 4.31. The van der Waals surface area contributed by atoms with Gasteiger partial charge in [-0.2, -0.15) is 0 Å². The molecule has 0 atom stereocenters. The van der Waals surface area contributed by atoms with Crippen molar-refractivity contribution in [3.8, 4) is 5.75 Å². The van der Waals surface area contributed by atoms with Crippen LogP contribution < -0.4 is 4.74 Å². The van der Waals surface area contributed by atoms with Crippen molar-refractivity contribution in [1.29, 1.82) is 0 Å². The highest BCUT2D eigenvalue weighted by molar-refractivity contribution is 5.80. The Bertz CT molecular complexity index is 345. The molecule has 0 aromatic heterocycles. The zero-order valence-electron chi connectivity index (χ0n) is 9.12. The molecular weight excluding hydrogens is 192 g/mol. The summed E-state index contributed by atoms with van der Waals surface area (Å²) in [6.07, 6.45) is 1.45. The predicted molar refractivity (Wildman–Crippen MR) is 58.5 cm³/mol. The lowest BCUT2D eigenvalue weighted by Crippen LogP contribution is -2.03. The highest BCUT2D eigenvalue weighted by Crippen LogP contribution is 2.23. The number of aliphatic hydroxyl groups excluding tert-OH is 1. The van der Waals surface area contributed by atoms with Crippen molar-refractivity contribution >= 4 is 6.29 Å². The van der Waals surface area contributed by atoms with Crippen LogP contribution in [0.1, 0.15) is 27.9 Å². The smallest absolute Gasteiger partial charge is 0.150 e. The topological polar surface area (TPSA) is 46.5 Å². The van der Waals surface area contributed by atoms with Crippen LogP contribution in [0.5, 0.6) is 5.75 Å². The van der Waals surface area contributed by atoms with Gasteiger partial charge in [-0.3, -0.25) is 4.79 Å². The SMILES string of the molecule is Cc1ccc(OCCCO)c(C)c1C=O. The lowest BCUT2D eigenvalue weighted by atomic mass is 10.0. The quantitative estimate of drug-likeness (QED) is 0.593. The molecule has 1 N–H and O–H groups in total. The molecule has 0 aliphatic rings. The van der Waals surface area contributed by atoms with Gasteiger partial charge in [-0.05, 0) is 25.5 Å². The Morgan fingerprint density at radius 3 is 2.73 bits per heavy atom. The second-order valence-electron chi connectivity index (χ2n) is 3.46. The van der Waals surface area contributed by atoms with Crippen molar-refractivity contribution in [3.63, 3.8) is 0 Å². The van der Waals surface area contributed by atoms with E-state index < -0.39 is 0 Å². The van der Waals surface area contributed by atoms with Gasteiger partial charge >= 0.3 is 0 Å². The van der Waals surface area contributed by atoms with Gasteiger partial charge in [-0.1, -0.05) is 6.07 Å². The molecule has 3 nitrogen and oxygen atoms in total. The number of aliphatic hydroxyl groups is 1. The van der Waals surface area contributed by atoms with Crippen LogP contribution in [0.2, 0.25) is 0 Å². The average molecular weight is 208 g/mol. The van der Waals surface area contributed by atoms with Crippen molar-refractivity contribution in [2.24, 2.45) is 0 Å². The molecule has 0 heterocycles. The minimum atomic E-state index is 0.117. The molecule has 0 amide bonds. The van der Waals surface area contributed by atoms with Gasteiger partial charge in [0, 0.05) is 24.2 Å². The van der Waals surface area contributed by atoms with Crippen LogP contribution >= 0.6 is 0 Å². The summed E-state index contributed by atoms with van der Waals surface area (Å²) in [4.78, 5) is 10.8. The normalized spacial score (nSPS) is 10.1. The summed E-state index contributed by atoms with van der Waals surface area (Å²) in [7, 11) is 0. The Labute approximate surface area is 89.7 Å². The first kappa shape index (κ1) is 11.7. The highest BCUT2D eigenvalue weighted by Gasteiger charge is 2.07. The molecule has 0 spiro atoms. The largest absolute Gasteiger partial charge is 0.493 e. The third kappa shape index (κ3) is 2.80. The summed E-state index contributed by atoms with van der Waals surface area (Å²) < 4.78 is 5.46. The van der Waals surface area contributed by atoms with E-state index in [0.717, 1.165) is 23.2 Å². The number of hydrogen-bond acceptors (Lipinski definition) is 3. The third-order valence-corrected chi connectivity index (χ3v) is 2.36. The molecule has 0 radical (unpaired) electrons. The minimum absolute atomic E-state index is 0.117. The molecule has 0 aliphatic carbocycles. The molecular formula is C12H16O3. The minimum Gasteiger partial charge on any atom is -0.493 e. The molecule has 0 aliphatic heterocycles. The first-order valence-corrected chi connectivity index (χ1v) is 4.99. The maximum atomic E-state index is 10.8. The molecule has 1 aromatic carbocycles. The molecule has 15 heavy (non-hydrogen) atoms. The summed E-state index contributed by atoms with van der Waals surface area (Å²) >= 11 is 0. The van der Waals surface area contributed by atoms with Gasteiger partial charge in [-0.25, -0.2) is 0 Å². The molecule has 0 bridgehead atoms. The van der Waals surface area contributed by atoms with Gasteiger partial charge in [-0.15, -0.1) is 0 Å². The maximum absolute atomic E-state index is 10.8. The Hall–Kier alpha value is -1.35. The van der Waals surface area contributed by atoms with Crippen LogP contribution in [-0.4, -0.2) is 24.6 Å². The number of carbonyl (C=O) groups excluding carboxylic acids is 1. The zero-order valence-corrected chi connectivity index (χ0v) is 9.12. The van der Waals surface area contributed by atoms with Crippen LogP contribution in [0.15, 0.2) is 12.1 Å². The monoisotopic (exact) mass is 208 g/mol. The van der Waals surface area contributed by atoms with Gasteiger partial charge in [0.1, 0.15) is 5.75 Å². The van der Waals surface area contributed by atoms with E-state index in [0.29, 0.717) is 18.6 Å². The van der Waals surface area contributed by atoms with Crippen molar-refractivity contribution in [2.75, 3.05) is 13.2 Å². The standard InChI is InChI=1S/C12H16O3/c1-9-4-5-12(15-7-3-6-13)10(2)11(9)8-14/h4-5,8,13H,3,6-7H2,1-2H3. The number of ether oxygens (including phenoxy) is 1. The molecule has 82 valence electrons. The zero-order chi connectivity index (χ0) is 11.3. The molecule has 0 saturated carbocycles. The molecule has 1 rings (SSSR count). The number of aryl methyl sites for hydroxylation is 1. The molecule has 3 heteroatoms. The summed E-state index contributed by atoms with van der Waals surface area (Å²) in [5.74, 6) is 0.719. The Morgan fingerprint density at radius 1 is 1.40 bits per heavy atom. The lowest BCUT2D eigenvalue weighted by Gasteiger charge is -2.11. The van der Waals surface area contributed by atoms with Gasteiger partial charge in [0.25, 0.3) is 0 Å². The first-order chi connectivity index (χ1) is 7.20. The number of benzene rings is 1. The first-order valence-electron chi connectivity index (χ1n) is 4.99. The van der Waals surface area contributed by atoms with Gasteiger partial charge in [0.15, 0.2) is 6.29 Å². The van der Waals surface area contributed by atoms with E-state index in [1.54, 1.807) is 0 Å². The van der Waals surface area contributed by atoms with Crippen molar-refractivity contribution in [2.45, 2.75) is 20.3 Å². The van der Waals surface area contributed by atoms with E-state index in [2.05, 4.69) is 0 Å². The lowest BCUT2D eigenvalue weighted by molar-refractivity contribution is 0.112. The van der Waals surface area contributed by atoms with E-state index in [9.17, 15) is 4.79 Å². The molecule has 1 aromatic rings. The predicted octanol–water partition coefficient (Wildman–Crippen LogP) is 1.88. The third-order valence-electron chi connectivity index (χ3n) is 2.36. The summed E-state index contributed by atoms with van der Waals surface area (Å²) in [6.45, 7) is 4.35. The Balaban J connectivity index is 2.85. The van der Waals surface area contributed by atoms with Crippen molar-refractivity contribution in [1.82, 2.24) is 0 Å². The number of hydrogen-bond donors (Lipinski definition) is 1. The second-order valence-corrected chi connectivity index (χ2v) is 3.46. The van der Waals surface area contributed by atoms with Gasteiger partial charge in [0.2, 0.25) is 0 Å². The van der Waals surface area contributed by atoms with Crippen molar-refractivity contribution < 1.29 is 14.6 Å². The van der Waals surface area contributed by atoms with E-state index in [1.165, 1.54) is 0 Å². The molecule has 0 saturated heterocycles.